The van der Waals surface area contributed by atoms with Crippen LogP contribution in [0.5, 0.6) is 0 Å². The molecular formula is C6H11NO4. The average Bonchev–Trinajstić information content (AvgIpc) is 1.86. The molecule has 0 aromatic heterocycles. The molecule has 0 aliphatic heterocycles. The second-order valence-electron chi connectivity index (χ2n) is 2.22. The second kappa shape index (κ2) is 4.68. The SMILES string of the molecule is NC(=O)CC(CCO)C(=O)O. The number of carbonyl (C=O) groups is 2. The zero-order valence-electron chi connectivity index (χ0n) is 5.99. The molecule has 5 nitrogen and oxygen atoms in total. The number of nitrogens with two attached hydrogens (primary N) is 1. The van der Waals surface area contributed by atoms with Crippen molar-refractivity contribution >= 4 is 11.9 Å². The number of primary amides is 1. The Kier molecular flexibility index (Phi) is 4.21. The molecule has 4 N–H and O–H groups in total. The summed E-state index contributed by atoms with van der Waals surface area (Å²) in [7, 11) is 0. The molecule has 0 spiro atoms. The summed E-state index contributed by atoms with van der Waals surface area (Å²) in [5.41, 5.74) is 4.78. The van der Waals surface area contributed by atoms with Gasteiger partial charge in [0.2, 0.25) is 5.91 Å². The predicted octanol–water partition coefficient (Wildman–Crippen LogP) is -1.05. The summed E-state index contributed by atoms with van der Waals surface area (Å²) in [6.07, 6.45) is -0.145. The Balaban J connectivity index is 3.89. The van der Waals surface area contributed by atoms with E-state index in [2.05, 4.69) is 0 Å². The molecule has 0 saturated carbocycles. The highest BCUT2D eigenvalue weighted by Gasteiger charge is 2.18. The number of carbonyl (C=O) groups excluding carboxylic acids is 1. The smallest absolute Gasteiger partial charge is 0.307 e. The third-order valence-electron chi connectivity index (χ3n) is 1.27. The molecule has 64 valence electrons. The molecule has 1 amide bonds. The van der Waals surface area contributed by atoms with Gasteiger partial charge in [-0.1, -0.05) is 0 Å². The lowest BCUT2D eigenvalue weighted by Gasteiger charge is -2.06. The van der Waals surface area contributed by atoms with Crippen molar-refractivity contribution in [2.75, 3.05) is 6.61 Å². The third-order valence-corrected chi connectivity index (χ3v) is 1.27. The Morgan fingerprint density at radius 3 is 2.27 bits per heavy atom. The van der Waals surface area contributed by atoms with E-state index in [1.54, 1.807) is 0 Å². The van der Waals surface area contributed by atoms with Crippen LogP contribution in [-0.4, -0.2) is 28.7 Å². The molecular weight excluding hydrogens is 150 g/mol. The Hall–Kier alpha value is -1.10. The number of aliphatic hydroxyl groups excluding tert-OH is 1. The first kappa shape index (κ1) is 9.90. The molecule has 0 fully saturated rings. The van der Waals surface area contributed by atoms with E-state index in [9.17, 15) is 9.59 Å². The molecule has 1 unspecified atom stereocenters. The number of hydrogen-bond acceptors (Lipinski definition) is 3. The molecule has 0 aromatic carbocycles. The lowest BCUT2D eigenvalue weighted by Crippen LogP contribution is -2.23. The zero-order valence-corrected chi connectivity index (χ0v) is 5.99. The van der Waals surface area contributed by atoms with Crippen LogP contribution < -0.4 is 5.73 Å². The van der Waals surface area contributed by atoms with Crippen molar-refractivity contribution in [3.05, 3.63) is 0 Å². The highest BCUT2D eigenvalue weighted by molar-refractivity contribution is 5.80. The Morgan fingerprint density at radius 1 is 1.45 bits per heavy atom. The van der Waals surface area contributed by atoms with Crippen LogP contribution in [0.3, 0.4) is 0 Å². The summed E-state index contributed by atoms with van der Waals surface area (Å²) >= 11 is 0. The van der Waals surface area contributed by atoms with E-state index in [4.69, 9.17) is 15.9 Å². The van der Waals surface area contributed by atoms with Crippen molar-refractivity contribution in [2.24, 2.45) is 11.7 Å². The number of hydrogen-bond donors (Lipinski definition) is 3. The van der Waals surface area contributed by atoms with Gasteiger partial charge < -0.3 is 15.9 Å². The van der Waals surface area contributed by atoms with Gasteiger partial charge in [-0.15, -0.1) is 0 Å². The number of carboxylic acids is 1. The summed E-state index contributed by atoms with van der Waals surface area (Å²) in [5.74, 6) is -2.61. The number of rotatable bonds is 5. The van der Waals surface area contributed by atoms with E-state index < -0.39 is 17.8 Å². The molecule has 1 atom stereocenters. The van der Waals surface area contributed by atoms with Gasteiger partial charge >= 0.3 is 5.97 Å². The van der Waals surface area contributed by atoms with Crippen molar-refractivity contribution in [3.63, 3.8) is 0 Å². The van der Waals surface area contributed by atoms with Crippen molar-refractivity contribution in [1.82, 2.24) is 0 Å². The summed E-state index contributed by atoms with van der Waals surface area (Å²) in [5, 5.41) is 16.8. The molecule has 0 rings (SSSR count). The van der Waals surface area contributed by atoms with Crippen LogP contribution in [0.4, 0.5) is 0 Å². The predicted molar refractivity (Wildman–Crippen MR) is 36.6 cm³/mol. The number of aliphatic carboxylic acids is 1. The summed E-state index contributed by atoms with van der Waals surface area (Å²) in [4.78, 5) is 20.6. The van der Waals surface area contributed by atoms with E-state index >= 15 is 0 Å². The van der Waals surface area contributed by atoms with Crippen LogP contribution >= 0.6 is 0 Å². The van der Waals surface area contributed by atoms with E-state index in [0.29, 0.717) is 0 Å². The van der Waals surface area contributed by atoms with Gasteiger partial charge in [0.05, 0.1) is 5.92 Å². The highest BCUT2D eigenvalue weighted by Crippen LogP contribution is 2.06. The van der Waals surface area contributed by atoms with Gasteiger partial charge in [0.1, 0.15) is 0 Å². The van der Waals surface area contributed by atoms with Crippen LogP contribution in [-0.2, 0) is 9.59 Å². The second-order valence-corrected chi connectivity index (χ2v) is 2.22. The van der Waals surface area contributed by atoms with Gasteiger partial charge in [-0.2, -0.15) is 0 Å². The number of carboxylic acid groups (broad SMARTS) is 1. The van der Waals surface area contributed by atoms with Gasteiger partial charge in [0.15, 0.2) is 0 Å². The molecule has 0 heterocycles. The summed E-state index contributed by atoms with van der Waals surface area (Å²) in [6.45, 7) is -0.246. The van der Waals surface area contributed by atoms with Crippen LogP contribution in [0, 0.1) is 5.92 Å². The Bertz CT molecular complexity index is 157. The molecule has 5 heteroatoms. The monoisotopic (exact) mass is 161 g/mol. The van der Waals surface area contributed by atoms with Crippen molar-refractivity contribution < 1.29 is 19.8 Å². The number of aliphatic hydroxyl groups is 1. The van der Waals surface area contributed by atoms with Crippen molar-refractivity contribution in [2.45, 2.75) is 12.8 Å². The minimum atomic E-state index is -1.10. The first-order valence-corrected chi connectivity index (χ1v) is 3.20. The Labute approximate surface area is 63.8 Å². The Morgan fingerprint density at radius 2 is 2.00 bits per heavy atom. The van der Waals surface area contributed by atoms with Gasteiger partial charge in [-0.25, -0.2) is 0 Å². The van der Waals surface area contributed by atoms with E-state index in [-0.39, 0.29) is 19.4 Å². The normalized spacial score (nSPS) is 12.5. The standard InChI is InChI=1S/C6H11NO4/c7-5(9)3-4(1-2-8)6(10)11/h4,8H,1-3H2,(H2,7,9)(H,10,11). The van der Waals surface area contributed by atoms with E-state index in [1.807, 2.05) is 0 Å². The van der Waals surface area contributed by atoms with E-state index in [1.165, 1.54) is 0 Å². The van der Waals surface area contributed by atoms with Gasteiger partial charge in [0.25, 0.3) is 0 Å². The molecule has 0 aromatic rings. The van der Waals surface area contributed by atoms with Gasteiger partial charge in [0, 0.05) is 13.0 Å². The fraction of sp³-hybridized carbons (Fsp3) is 0.667. The van der Waals surface area contributed by atoms with Crippen LogP contribution in [0.15, 0.2) is 0 Å². The lowest BCUT2D eigenvalue weighted by atomic mass is 10.0. The quantitative estimate of drug-likeness (QED) is 0.478. The fourth-order valence-electron chi connectivity index (χ4n) is 0.712. The minimum Gasteiger partial charge on any atom is -0.481 e. The van der Waals surface area contributed by atoms with Crippen molar-refractivity contribution in [3.8, 4) is 0 Å². The first-order chi connectivity index (χ1) is 5.07. The van der Waals surface area contributed by atoms with Crippen LogP contribution in [0.25, 0.3) is 0 Å². The molecule has 0 bridgehead atoms. The molecule has 11 heavy (non-hydrogen) atoms. The third kappa shape index (κ3) is 4.32. The van der Waals surface area contributed by atoms with E-state index in [0.717, 1.165) is 0 Å². The summed E-state index contributed by atoms with van der Waals surface area (Å²) in [6, 6.07) is 0. The van der Waals surface area contributed by atoms with Crippen LogP contribution in [0.2, 0.25) is 0 Å². The zero-order chi connectivity index (χ0) is 8.85. The maximum Gasteiger partial charge on any atom is 0.307 e. The fourth-order valence-corrected chi connectivity index (χ4v) is 0.712. The van der Waals surface area contributed by atoms with Gasteiger partial charge in [-0.05, 0) is 6.42 Å². The maximum absolute atomic E-state index is 10.3. The average molecular weight is 161 g/mol. The topological polar surface area (TPSA) is 101 Å². The summed E-state index contributed by atoms with van der Waals surface area (Å²) < 4.78 is 0. The molecule has 0 saturated heterocycles. The minimum absolute atomic E-state index is 0.0677. The maximum atomic E-state index is 10.3. The molecule has 0 aliphatic rings. The lowest BCUT2D eigenvalue weighted by molar-refractivity contribution is -0.144. The van der Waals surface area contributed by atoms with Crippen molar-refractivity contribution in [1.29, 1.82) is 0 Å². The van der Waals surface area contributed by atoms with Gasteiger partial charge in [-0.3, -0.25) is 9.59 Å². The molecule has 0 aliphatic carbocycles. The molecule has 0 radical (unpaired) electrons. The van der Waals surface area contributed by atoms with Crippen LogP contribution in [0.1, 0.15) is 12.8 Å². The first-order valence-electron chi connectivity index (χ1n) is 3.20. The number of amides is 1. The highest BCUT2D eigenvalue weighted by atomic mass is 16.4. The largest absolute Gasteiger partial charge is 0.481 e.